The van der Waals surface area contributed by atoms with Gasteiger partial charge in [-0.25, -0.2) is 0 Å². The Hall–Kier alpha value is -0.610. The fourth-order valence-corrected chi connectivity index (χ4v) is 2.26. The van der Waals surface area contributed by atoms with Gasteiger partial charge in [0, 0.05) is 0 Å². The fraction of sp³-hybridized carbons (Fsp3) is 0.917. The molecule has 0 bridgehead atoms. The summed E-state index contributed by atoms with van der Waals surface area (Å²) in [7, 11) is 2.18. The van der Waals surface area contributed by atoms with E-state index in [4.69, 9.17) is 5.73 Å². The Balaban J connectivity index is 2.12. The maximum atomic E-state index is 11.0. The van der Waals surface area contributed by atoms with Crippen molar-refractivity contribution in [3.05, 3.63) is 0 Å². The molecule has 94 valence electrons. The molecule has 0 aromatic rings. The summed E-state index contributed by atoms with van der Waals surface area (Å²) in [5, 5.41) is 3.24. The smallest absolute Gasteiger partial charge is 0.234 e. The van der Waals surface area contributed by atoms with E-state index in [9.17, 15) is 4.79 Å². The summed E-state index contributed by atoms with van der Waals surface area (Å²) in [4.78, 5) is 13.4. The number of nitrogens with two attached hydrogens (primary N) is 1. The molecule has 0 saturated carbocycles. The zero-order chi connectivity index (χ0) is 12.0. The van der Waals surface area contributed by atoms with Gasteiger partial charge in [-0.2, -0.15) is 0 Å². The summed E-state index contributed by atoms with van der Waals surface area (Å²) in [6, 6.07) is -0.147. The van der Waals surface area contributed by atoms with Crippen LogP contribution in [-0.2, 0) is 4.79 Å². The minimum Gasteiger partial charge on any atom is -0.368 e. The van der Waals surface area contributed by atoms with E-state index in [1.807, 2.05) is 6.92 Å². The third-order valence-corrected chi connectivity index (χ3v) is 3.53. The quantitative estimate of drug-likeness (QED) is 0.697. The molecule has 0 radical (unpaired) electrons. The van der Waals surface area contributed by atoms with Crippen molar-refractivity contribution >= 4 is 5.91 Å². The first-order chi connectivity index (χ1) is 7.63. The van der Waals surface area contributed by atoms with Crippen molar-refractivity contribution in [3.63, 3.8) is 0 Å². The van der Waals surface area contributed by atoms with Crippen molar-refractivity contribution in [2.24, 2.45) is 11.7 Å². The van der Waals surface area contributed by atoms with Crippen molar-refractivity contribution in [1.82, 2.24) is 10.2 Å². The number of hydrogen-bond donors (Lipinski definition) is 2. The Kier molecular flexibility index (Phi) is 5.77. The minimum atomic E-state index is -0.231. The Labute approximate surface area is 98.6 Å². The van der Waals surface area contributed by atoms with E-state index in [2.05, 4.69) is 17.3 Å². The number of piperidine rings is 1. The molecule has 3 N–H and O–H groups in total. The molecule has 0 aliphatic carbocycles. The molecule has 1 saturated heterocycles. The lowest BCUT2D eigenvalue weighted by Gasteiger charge is -2.29. The monoisotopic (exact) mass is 227 g/mol. The van der Waals surface area contributed by atoms with Crippen LogP contribution in [0.2, 0.25) is 0 Å². The second-order valence-corrected chi connectivity index (χ2v) is 4.85. The van der Waals surface area contributed by atoms with Crippen molar-refractivity contribution < 1.29 is 4.79 Å². The highest BCUT2D eigenvalue weighted by atomic mass is 16.1. The van der Waals surface area contributed by atoms with Gasteiger partial charge in [-0.1, -0.05) is 6.92 Å². The zero-order valence-electron chi connectivity index (χ0n) is 10.5. The molecule has 1 atom stereocenters. The molecule has 0 aromatic carbocycles. The summed E-state index contributed by atoms with van der Waals surface area (Å²) in [6.07, 6.45) is 4.51. The van der Waals surface area contributed by atoms with Crippen molar-refractivity contribution in [2.75, 3.05) is 26.7 Å². The Morgan fingerprint density at radius 1 is 1.50 bits per heavy atom. The van der Waals surface area contributed by atoms with Crippen molar-refractivity contribution in [3.8, 4) is 0 Å². The van der Waals surface area contributed by atoms with Crippen LogP contribution in [0.5, 0.6) is 0 Å². The average molecular weight is 227 g/mol. The molecular weight excluding hydrogens is 202 g/mol. The standard InChI is InChI=1S/C12H25N3O/c1-3-11(12(13)16)14-7-4-10-5-8-15(2)9-6-10/h10-11,14H,3-9H2,1-2H3,(H2,13,16). The first-order valence-electron chi connectivity index (χ1n) is 6.34. The molecular formula is C12H25N3O. The Bertz CT molecular complexity index is 212. The van der Waals surface area contributed by atoms with Gasteiger partial charge in [-0.05, 0) is 58.3 Å². The molecule has 0 aromatic heterocycles. The zero-order valence-corrected chi connectivity index (χ0v) is 10.5. The van der Waals surface area contributed by atoms with Crippen LogP contribution < -0.4 is 11.1 Å². The number of carbonyl (C=O) groups is 1. The summed E-state index contributed by atoms with van der Waals surface area (Å²) >= 11 is 0. The van der Waals surface area contributed by atoms with Crippen LogP contribution in [0.4, 0.5) is 0 Å². The van der Waals surface area contributed by atoms with Crippen molar-refractivity contribution in [1.29, 1.82) is 0 Å². The summed E-state index contributed by atoms with van der Waals surface area (Å²) in [5.74, 6) is 0.583. The maximum Gasteiger partial charge on any atom is 0.234 e. The van der Waals surface area contributed by atoms with Crippen LogP contribution in [0.25, 0.3) is 0 Å². The van der Waals surface area contributed by atoms with E-state index < -0.39 is 0 Å². The number of likely N-dealkylation sites (tertiary alicyclic amines) is 1. The van der Waals surface area contributed by atoms with Gasteiger partial charge < -0.3 is 16.0 Å². The fourth-order valence-electron chi connectivity index (χ4n) is 2.26. The molecule has 1 aliphatic rings. The summed E-state index contributed by atoms with van der Waals surface area (Å²) in [6.45, 7) is 5.31. The number of hydrogen-bond acceptors (Lipinski definition) is 3. The minimum absolute atomic E-state index is 0.147. The largest absolute Gasteiger partial charge is 0.368 e. The number of nitrogens with one attached hydrogen (secondary N) is 1. The first-order valence-corrected chi connectivity index (χ1v) is 6.34. The Morgan fingerprint density at radius 3 is 2.62 bits per heavy atom. The van der Waals surface area contributed by atoms with E-state index in [-0.39, 0.29) is 11.9 Å². The lowest BCUT2D eigenvalue weighted by Crippen LogP contribution is -2.42. The highest BCUT2D eigenvalue weighted by Gasteiger charge is 2.17. The topological polar surface area (TPSA) is 58.4 Å². The van der Waals surface area contributed by atoms with Gasteiger partial charge in [0.15, 0.2) is 0 Å². The van der Waals surface area contributed by atoms with E-state index in [0.29, 0.717) is 0 Å². The third-order valence-electron chi connectivity index (χ3n) is 3.53. The predicted molar refractivity (Wildman–Crippen MR) is 66.1 cm³/mol. The van der Waals surface area contributed by atoms with Gasteiger partial charge in [-0.15, -0.1) is 0 Å². The SMILES string of the molecule is CCC(NCCC1CCN(C)CC1)C(N)=O. The van der Waals surface area contributed by atoms with Gasteiger partial charge in [0.1, 0.15) is 0 Å². The van der Waals surface area contributed by atoms with Gasteiger partial charge >= 0.3 is 0 Å². The predicted octanol–water partition coefficient (Wildman–Crippen LogP) is 0.572. The average Bonchev–Trinajstić information content (AvgIpc) is 2.26. The van der Waals surface area contributed by atoms with Crippen LogP contribution in [-0.4, -0.2) is 43.5 Å². The molecule has 1 rings (SSSR count). The second-order valence-electron chi connectivity index (χ2n) is 4.85. The van der Waals surface area contributed by atoms with Gasteiger partial charge in [0.2, 0.25) is 5.91 Å². The number of carbonyl (C=O) groups excluding carboxylic acids is 1. The molecule has 1 heterocycles. The van der Waals surface area contributed by atoms with Crippen LogP contribution in [0.3, 0.4) is 0 Å². The number of amides is 1. The Morgan fingerprint density at radius 2 is 2.12 bits per heavy atom. The summed E-state index contributed by atoms with van der Waals surface area (Å²) in [5.41, 5.74) is 5.28. The molecule has 0 spiro atoms. The lowest BCUT2D eigenvalue weighted by molar-refractivity contribution is -0.120. The van der Waals surface area contributed by atoms with Gasteiger partial charge in [0.25, 0.3) is 0 Å². The van der Waals surface area contributed by atoms with Gasteiger partial charge in [0.05, 0.1) is 6.04 Å². The highest BCUT2D eigenvalue weighted by molar-refractivity contribution is 5.79. The van der Waals surface area contributed by atoms with Crippen LogP contribution in [0.15, 0.2) is 0 Å². The second kappa shape index (κ2) is 6.86. The molecule has 1 amide bonds. The summed E-state index contributed by atoms with van der Waals surface area (Å²) < 4.78 is 0. The van der Waals surface area contributed by atoms with E-state index in [1.165, 1.54) is 25.9 Å². The van der Waals surface area contributed by atoms with E-state index in [1.54, 1.807) is 0 Å². The molecule has 16 heavy (non-hydrogen) atoms. The van der Waals surface area contributed by atoms with Gasteiger partial charge in [-0.3, -0.25) is 4.79 Å². The normalized spacial score (nSPS) is 20.9. The molecule has 1 unspecified atom stereocenters. The molecule has 4 nitrogen and oxygen atoms in total. The van der Waals surface area contributed by atoms with Crippen LogP contribution in [0, 0.1) is 5.92 Å². The molecule has 1 fully saturated rings. The first kappa shape index (κ1) is 13.5. The number of rotatable bonds is 6. The molecule has 4 heteroatoms. The van der Waals surface area contributed by atoms with Crippen LogP contribution in [0.1, 0.15) is 32.6 Å². The van der Waals surface area contributed by atoms with Crippen LogP contribution >= 0.6 is 0 Å². The third kappa shape index (κ3) is 4.49. The van der Waals surface area contributed by atoms with E-state index in [0.717, 1.165) is 25.3 Å². The molecule has 1 aliphatic heterocycles. The highest BCUT2D eigenvalue weighted by Crippen LogP contribution is 2.18. The van der Waals surface area contributed by atoms with Crippen molar-refractivity contribution in [2.45, 2.75) is 38.6 Å². The maximum absolute atomic E-state index is 11.0. The number of primary amides is 1. The number of nitrogens with zero attached hydrogens (tertiary/aromatic N) is 1. The van der Waals surface area contributed by atoms with E-state index >= 15 is 0 Å². The lowest BCUT2D eigenvalue weighted by atomic mass is 9.94.